The lowest BCUT2D eigenvalue weighted by atomic mass is 9.94. The zero-order valence-corrected chi connectivity index (χ0v) is 9.98. The molecule has 0 saturated carbocycles. The van der Waals surface area contributed by atoms with Gasteiger partial charge in [-0.2, -0.15) is 0 Å². The number of aromatic amines is 2. The largest absolute Gasteiger partial charge is 0.481 e. The molecule has 1 atom stereocenters. The molecule has 0 aromatic carbocycles. The van der Waals surface area contributed by atoms with Gasteiger partial charge in [0, 0.05) is 5.69 Å². The molecule has 0 radical (unpaired) electrons. The van der Waals surface area contributed by atoms with Gasteiger partial charge in [0.1, 0.15) is 0 Å². The van der Waals surface area contributed by atoms with E-state index in [4.69, 9.17) is 17.3 Å². The molecule has 0 spiro atoms. The molecule has 0 aliphatic heterocycles. The molecule has 0 aliphatic rings. The van der Waals surface area contributed by atoms with E-state index in [1.807, 2.05) is 6.92 Å². The summed E-state index contributed by atoms with van der Waals surface area (Å²) >= 11 is 4.80. The first-order valence-electron chi connectivity index (χ1n) is 5.03. The van der Waals surface area contributed by atoms with Crippen LogP contribution in [0.25, 0.3) is 0 Å². The molecule has 1 aromatic rings. The monoisotopic (exact) mass is 242 g/mol. The van der Waals surface area contributed by atoms with Crippen LogP contribution < -0.4 is 5.56 Å². The van der Waals surface area contributed by atoms with Gasteiger partial charge < -0.3 is 10.1 Å². The Morgan fingerprint density at radius 1 is 1.50 bits per heavy atom. The van der Waals surface area contributed by atoms with E-state index in [1.54, 1.807) is 6.92 Å². The van der Waals surface area contributed by atoms with Crippen LogP contribution >= 0.6 is 12.2 Å². The fourth-order valence-electron chi connectivity index (χ4n) is 1.71. The van der Waals surface area contributed by atoms with Crippen LogP contribution in [0.1, 0.15) is 36.9 Å². The number of nitrogens with one attached hydrogen (secondary N) is 2. The summed E-state index contributed by atoms with van der Waals surface area (Å²) in [6.45, 7) is 3.54. The lowest BCUT2D eigenvalue weighted by molar-refractivity contribution is -0.139. The predicted octanol–water partition coefficient (Wildman–Crippen LogP) is 1.71. The third-order valence-electron chi connectivity index (χ3n) is 2.40. The van der Waals surface area contributed by atoms with E-state index >= 15 is 0 Å². The van der Waals surface area contributed by atoms with Crippen molar-refractivity contribution in [2.45, 2.75) is 32.6 Å². The van der Waals surface area contributed by atoms with E-state index < -0.39 is 17.4 Å². The second kappa shape index (κ2) is 5.07. The molecule has 0 aliphatic carbocycles. The van der Waals surface area contributed by atoms with Gasteiger partial charge in [-0.1, -0.05) is 13.3 Å². The van der Waals surface area contributed by atoms with Gasteiger partial charge in [-0.25, -0.2) is 0 Å². The molecular weight excluding hydrogens is 228 g/mol. The van der Waals surface area contributed by atoms with Crippen LogP contribution in [0.3, 0.4) is 0 Å². The van der Waals surface area contributed by atoms with Crippen molar-refractivity contribution in [2.24, 2.45) is 0 Å². The van der Waals surface area contributed by atoms with Gasteiger partial charge >= 0.3 is 5.97 Å². The normalized spacial score (nSPS) is 12.4. The van der Waals surface area contributed by atoms with Crippen molar-refractivity contribution in [1.82, 2.24) is 9.97 Å². The van der Waals surface area contributed by atoms with Gasteiger partial charge in [0.05, 0.1) is 11.5 Å². The molecule has 6 heteroatoms. The van der Waals surface area contributed by atoms with Gasteiger partial charge in [-0.05, 0) is 25.6 Å². The van der Waals surface area contributed by atoms with Gasteiger partial charge in [0.2, 0.25) is 0 Å². The molecule has 16 heavy (non-hydrogen) atoms. The number of H-pyrrole nitrogens is 2. The first kappa shape index (κ1) is 12.6. The molecule has 0 amide bonds. The van der Waals surface area contributed by atoms with Gasteiger partial charge in [-0.15, -0.1) is 0 Å². The SMILES string of the molecule is CCCC(C(=O)O)c1c(C)[nH]c(=S)[nH]c1=O. The maximum Gasteiger partial charge on any atom is 0.311 e. The van der Waals surface area contributed by atoms with E-state index in [2.05, 4.69) is 9.97 Å². The zero-order chi connectivity index (χ0) is 12.3. The molecule has 0 bridgehead atoms. The van der Waals surface area contributed by atoms with Crippen molar-refractivity contribution in [3.8, 4) is 0 Å². The van der Waals surface area contributed by atoms with Gasteiger partial charge in [0.25, 0.3) is 5.56 Å². The molecule has 0 fully saturated rings. The van der Waals surface area contributed by atoms with E-state index in [0.29, 0.717) is 18.5 Å². The Balaban J connectivity index is 3.35. The number of hydrogen-bond donors (Lipinski definition) is 3. The van der Waals surface area contributed by atoms with Crippen molar-refractivity contribution in [3.05, 3.63) is 26.4 Å². The molecule has 5 nitrogen and oxygen atoms in total. The van der Waals surface area contributed by atoms with Crippen LogP contribution in [-0.2, 0) is 4.79 Å². The average molecular weight is 242 g/mol. The third kappa shape index (κ3) is 2.57. The first-order valence-corrected chi connectivity index (χ1v) is 5.44. The van der Waals surface area contributed by atoms with Crippen LogP contribution in [0.5, 0.6) is 0 Å². The number of carboxylic acid groups (broad SMARTS) is 1. The minimum atomic E-state index is -0.985. The Hall–Kier alpha value is -1.43. The van der Waals surface area contributed by atoms with E-state index in [9.17, 15) is 9.59 Å². The molecular formula is C10H14N2O3S. The van der Waals surface area contributed by atoms with E-state index in [1.165, 1.54) is 0 Å². The summed E-state index contributed by atoms with van der Waals surface area (Å²) in [5.41, 5.74) is 0.375. The number of aromatic nitrogens is 2. The highest BCUT2D eigenvalue weighted by molar-refractivity contribution is 7.71. The zero-order valence-electron chi connectivity index (χ0n) is 9.16. The van der Waals surface area contributed by atoms with Crippen LogP contribution in [-0.4, -0.2) is 21.0 Å². The van der Waals surface area contributed by atoms with Crippen LogP contribution in [0, 0.1) is 11.7 Å². The standard InChI is InChI=1S/C10H14N2O3S/c1-3-4-6(9(14)15)7-5(2)11-10(16)12-8(7)13/h6H,3-4H2,1-2H3,(H,14,15)(H2,11,12,13,16). The maximum absolute atomic E-state index is 11.7. The minimum absolute atomic E-state index is 0.215. The van der Waals surface area contributed by atoms with Crippen LogP contribution in [0.4, 0.5) is 0 Å². The second-order valence-corrected chi connectivity index (χ2v) is 4.03. The topological polar surface area (TPSA) is 85.9 Å². The van der Waals surface area contributed by atoms with Crippen molar-refractivity contribution < 1.29 is 9.90 Å². The third-order valence-corrected chi connectivity index (χ3v) is 2.60. The van der Waals surface area contributed by atoms with Crippen molar-refractivity contribution >= 4 is 18.2 Å². The minimum Gasteiger partial charge on any atom is -0.481 e. The van der Waals surface area contributed by atoms with E-state index in [0.717, 1.165) is 0 Å². The summed E-state index contributed by atoms with van der Waals surface area (Å²) in [6, 6.07) is 0. The smallest absolute Gasteiger partial charge is 0.311 e. The number of aliphatic carboxylic acids is 1. The summed E-state index contributed by atoms with van der Waals surface area (Å²) in [4.78, 5) is 27.9. The highest BCUT2D eigenvalue weighted by atomic mass is 32.1. The summed E-state index contributed by atoms with van der Waals surface area (Å²) in [5.74, 6) is -1.76. The molecule has 1 unspecified atom stereocenters. The summed E-state index contributed by atoms with van der Waals surface area (Å²) in [5, 5.41) is 9.08. The Labute approximate surface area is 97.5 Å². The molecule has 1 heterocycles. The fourth-order valence-corrected chi connectivity index (χ4v) is 1.95. The fraction of sp³-hybridized carbons (Fsp3) is 0.500. The number of carboxylic acids is 1. The lowest BCUT2D eigenvalue weighted by Crippen LogP contribution is -2.24. The summed E-state index contributed by atoms with van der Waals surface area (Å²) in [7, 11) is 0. The number of hydrogen-bond acceptors (Lipinski definition) is 3. The molecule has 0 saturated heterocycles. The molecule has 1 rings (SSSR count). The maximum atomic E-state index is 11.7. The Bertz CT molecular complexity index is 504. The number of aryl methyl sites for hydroxylation is 1. The number of carbonyl (C=O) groups is 1. The predicted molar refractivity (Wildman–Crippen MR) is 62.3 cm³/mol. The van der Waals surface area contributed by atoms with Crippen molar-refractivity contribution in [3.63, 3.8) is 0 Å². The van der Waals surface area contributed by atoms with Crippen molar-refractivity contribution in [2.75, 3.05) is 0 Å². The van der Waals surface area contributed by atoms with Crippen molar-refractivity contribution in [1.29, 1.82) is 0 Å². The Morgan fingerprint density at radius 3 is 2.56 bits per heavy atom. The Kier molecular flexibility index (Phi) is 4.00. The lowest BCUT2D eigenvalue weighted by Gasteiger charge is -2.12. The van der Waals surface area contributed by atoms with Gasteiger partial charge in [0.15, 0.2) is 4.77 Å². The molecule has 88 valence electrons. The highest BCUT2D eigenvalue weighted by Crippen LogP contribution is 2.20. The second-order valence-electron chi connectivity index (χ2n) is 3.63. The number of rotatable bonds is 4. The van der Waals surface area contributed by atoms with Crippen LogP contribution in [0.15, 0.2) is 4.79 Å². The van der Waals surface area contributed by atoms with Crippen LogP contribution in [0.2, 0.25) is 0 Å². The molecule has 1 aromatic heterocycles. The Morgan fingerprint density at radius 2 is 2.12 bits per heavy atom. The summed E-state index contributed by atoms with van der Waals surface area (Å²) < 4.78 is 0.215. The molecule has 3 N–H and O–H groups in total. The first-order chi connectivity index (χ1) is 7.47. The summed E-state index contributed by atoms with van der Waals surface area (Å²) in [6.07, 6.45) is 1.13. The average Bonchev–Trinajstić information content (AvgIpc) is 2.14. The quantitative estimate of drug-likeness (QED) is 0.701. The van der Waals surface area contributed by atoms with Gasteiger partial charge in [-0.3, -0.25) is 14.6 Å². The van der Waals surface area contributed by atoms with E-state index in [-0.39, 0.29) is 10.3 Å². The highest BCUT2D eigenvalue weighted by Gasteiger charge is 2.24.